The van der Waals surface area contributed by atoms with E-state index in [4.69, 9.17) is 5.73 Å². The van der Waals surface area contributed by atoms with Crippen molar-refractivity contribution in [3.05, 3.63) is 71.5 Å². The minimum absolute atomic E-state index is 0.109. The topological polar surface area (TPSA) is 46.2 Å². The van der Waals surface area contributed by atoms with E-state index in [1.165, 1.54) is 12.1 Å². The fourth-order valence-electron chi connectivity index (χ4n) is 2.31. The molecule has 0 saturated heterocycles. The van der Waals surface area contributed by atoms with Gasteiger partial charge in [0.25, 0.3) is 0 Å². The maximum atomic E-state index is 13.4. The number of benzene rings is 2. The lowest BCUT2D eigenvalue weighted by molar-refractivity contribution is 0.195. The molecule has 2 aromatic carbocycles. The number of rotatable bonds is 5. The van der Waals surface area contributed by atoms with Gasteiger partial charge in [0.2, 0.25) is 0 Å². The molecular formula is C16H18FNO. The highest BCUT2D eigenvalue weighted by atomic mass is 19.1. The third kappa shape index (κ3) is 3.00. The molecule has 0 fully saturated rings. The van der Waals surface area contributed by atoms with Crippen LogP contribution in [-0.4, -0.2) is 18.3 Å². The first-order valence-electron chi connectivity index (χ1n) is 6.31. The van der Waals surface area contributed by atoms with Crippen molar-refractivity contribution < 1.29 is 9.50 Å². The van der Waals surface area contributed by atoms with E-state index in [-0.39, 0.29) is 19.0 Å². The third-order valence-corrected chi connectivity index (χ3v) is 3.52. The molecule has 0 amide bonds. The quantitative estimate of drug-likeness (QED) is 0.865. The highest BCUT2D eigenvalue weighted by molar-refractivity contribution is 5.31. The molecule has 1 atom stereocenters. The minimum atomic E-state index is -0.635. The van der Waals surface area contributed by atoms with Crippen molar-refractivity contribution in [1.29, 1.82) is 0 Å². The zero-order valence-corrected chi connectivity index (χ0v) is 10.7. The van der Waals surface area contributed by atoms with Crippen molar-refractivity contribution in [1.82, 2.24) is 0 Å². The maximum Gasteiger partial charge on any atom is 0.123 e. The van der Waals surface area contributed by atoms with Gasteiger partial charge < -0.3 is 10.8 Å². The average molecular weight is 259 g/mol. The molecule has 0 heterocycles. The van der Waals surface area contributed by atoms with Crippen molar-refractivity contribution in [3.8, 4) is 0 Å². The van der Waals surface area contributed by atoms with E-state index >= 15 is 0 Å². The Kier molecular flexibility index (Phi) is 4.30. The summed E-state index contributed by atoms with van der Waals surface area (Å²) in [6, 6.07) is 16.1. The molecule has 2 rings (SSSR count). The number of hydrogen-bond acceptors (Lipinski definition) is 2. The molecule has 19 heavy (non-hydrogen) atoms. The summed E-state index contributed by atoms with van der Waals surface area (Å²) in [5.74, 6) is -0.308. The summed E-state index contributed by atoms with van der Waals surface area (Å²) in [5, 5.41) is 9.78. The Morgan fingerprint density at radius 3 is 2.37 bits per heavy atom. The molecule has 1 unspecified atom stereocenters. The van der Waals surface area contributed by atoms with Gasteiger partial charge in [-0.2, -0.15) is 0 Å². The van der Waals surface area contributed by atoms with Crippen LogP contribution >= 0.6 is 0 Å². The van der Waals surface area contributed by atoms with Gasteiger partial charge >= 0.3 is 0 Å². The van der Waals surface area contributed by atoms with E-state index in [0.717, 1.165) is 11.1 Å². The van der Waals surface area contributed by atoms with Gasteiger partial charge in [0.05, 0.1) is 6.61 Å². The second-order valence-electron chi connectivity index (χ2n) is 4.82. The van der Waals surface area contributed by atoms with Gasteiger partial charge in [-0.1, -0.05) is 42.5 Å². The first-order valence-corrected chi connectivity index (χ1v) is 6.31. The number of hydrogen-bond donors (Lipinski definition) is 2. The number of halogens is 1. The van der Waals surface area contributed by atoms with Gasteiger partial charge in [0.1, 0.15) is 5.82 Å². The summed E-state index contributed by atoms with van der Waals surface area (Å²) < 4.78 is 13.4. The van der Waals surface area contributed by atoms with Crippen molar-refractivity contribution in [2.24, 2.45) is 5.73 Å². The van der Waals surface area contributed by atoms with E-state index < -0.39 is 5.41 Å². The van der Waals surface area contributed by atoms with E-state index in [1.54, 1.807) is 6.07 Å². The second kappa shape index (κ2) is 5.95. The number of nitrogens with two attached hydrogens (primary N) is 1. The summed E-state index contributed by atoms with van der Waals surface area (Å²) >= 11 is 0. The van der Waals surface area contributed by atoms with Gasteiger partial charge in [-0.15, -0.1) is 0 Å². The summed E-state index contributed by atoms with van der Waals surface area (Å²) in [5.41, 5.74) is 7.04. The molecule has 0 saturated carbocycles. The lowest BCUT2D eigenvalue weighted by Crippen LogP contribution is -2.41. The molecule has 0 bridgehead atoms. The summed E-state index contributed by atoms with van der Waals surface area (Å²) in [4.78, 5) is 0. The van der Waals surface area contributed by atoms with Crippen LogP contribution in [0.3, 0.4) is 0 Å². The zero-order valence-electron chi connectivity index (χ0n) is 10.7. The van der Waals surface area contributed by atoms with Crippen LogP contribution < -0.4 is 5.73 Å². The molecule has 100 valence electrons. The van der Waals surface area contributed by atoms with Crippen LogP contribution in [0.4, 0.5) is 4.39 Å². The van der Waals surface area contributed by atoms with E-state index in [1.807, 2.05) is 36.4 Å². The molecule has 0 aromatic heterocycles. The molecule has 3 N–H and O–H groups in total. The van der Waals surface area contributed by atoms with Gasteiger partial charge in [0, 0.05) is 12.0 Å². The first-order chi connectivity index (χ1) is 9.20. The summed E-state index contributed by atoms with van der Waals surface area (Å²) in [7, 11) is 0. The highest BCUT2D eigenvalue weighted by Crippen LogP contribution is 2.28. The van der Waals surface area contributed by atoms with E-state index in [0.29, 0.717) is 6.42 Å². The predicted octanol–water partition coefficient (Wildman–Crippen LogP) is 2.26. The Labute approximate surface area is 112 Å². The molecule has 0 radical (unpaired) electrons. The van der Waals surface area contributed by atoms with Crippen LogP contribution in [0.2, 0.25) is 0 Å². The Hall–Kier alpha value is -1.71. The molecule has 0 aliphatic heterocycles. The maximum absolute atomic E-state index is 13.4. The Morgan fingerprint density at radius 2 is 1.79 bits per heavy atom. The molecule has 3 heteroatoms. The highest BCUT2D eigenvalue weighted by Gasteiger charge is 2.30. The lowest BCUT2D eigenvalue weighted by atomic mass is 9.76. The van der Waals surface area contributed by atoms with Gasteiger partial charge in [-0.3, -0.25) is 0 Å². The van der Waals surface area contributed by atoms with Crippen LogP contribution in [0.5, 0.6) is 0 Å². The molecule has 0 aliphatic carbocycles. The summed E-state index contributed by atoms with van der Waals surface area (Å²) in [6.45, 7) is 0.156. The number of aliphatic hydroxyl groups excluding tert-OH is 1. The molecule has 2 nitrogen and oxygen atoms in total. The SMILES string of the molecule is NCC(CO)(Cc1ccccc1)c1cccc(F)c1. The van der Waals surface area contributed by atoms with Gasteiger partial charge in [-0.25, -0.2) is 4.39 Å². The Balaban J connectivity index is 2.37. The summed E-state index contributed by atoms with van der Waals surface area (Å²) in [6.07, 6.45) is 0.588. The molecule has 2 aromatic rings. The largest absolute Gasteiger partial charge is 0.395 e. The van der Waals surface area contributed by atoms with E-state index in [9.17, 15) is 9.50 Å². The Morgan fingerprint density at radius 1 is 1.05 bits per heavy atom. The monoisotopic (exact) mass is 259 g/mol. The fourth-order valence-corrected chi connectivity index (χ4v) is 2.31. The van der Waals surface area contributed by atoms with Crippen LogP contribution in [0.1, 0.15) is 11.1 Å². The third-order valence-electron chi connectivity index (χ3n) is 3.52. The Bertz CT molecular complexity index is 523. The van der Waals surface area contributed by atoms with Crippen LogP contribution in [0, 0.1) is 5.82 Å². The number of aliphatic hydroxyl groups is 1. The molecule has 0 aliphatic rings. The second-order valence-corrected chi connectivity index (χ2v) is 4.82. The smallest absolute Gasteiger partial charge is 0.123 e. The van der Waals surface area contributed by atoms with Crippen LogP contribution in [0.25, 0.3) is 0 Å². The van der Waals surface area contributed by atoms with Gasteiger partial charge in [0.15, 0.2) is 0 Å². The van der Waals surface area contributed by atoms with Crippen molar-refractivity contribution in [2.45, 2.75) is 11.8 Å². The van der Waals surface area contributed by atoms with Crippen molar-refractivity contribution in [2.75, 3.05) is 13.2 Å². The molecule has 0 spiro atoms. The fraction of sp³-hybridized carbons (Fsp3) is 0.250. The van der Waals surface area contributed by atoms with Crippen molar-refractivity contribution >= 4 is 0 Å². The normalized spacial score (nSPS) is 14.1. The van der Waals surface area contributed by atoms with E-state index in [2.05, 4.69) is 0 Å². The van der Waals surface area contributed by atoms with Gasteiger partial charge in [-0.05, 0) is 29.7 Å². The van der Waals surface area contributed by atoms with Crippen LogP contribution in [0.15, 0.2) is 54.6 Å². The van der Waals surface area contributed by atoms with Crippen LogP contribution in [-0.2, 0) is 11.8 Å². The molecular weight excluding hydrogens is 241 g/mol. The predicted molar refractivity (Wildman–Crippen MR) is 74.4 cm³/mol. The average Bonchev–Trinajstić information content (AvgIpc) is 2.46. The zero-order chi connectivity index (χ0) is 13.7. The lowest BCUT2D eigenvalue weighted by Gasteiger charge is -2.31. The first kappa shape index (κ1) is 13.7. The standard InChI is InChI=1S/C16H18FNO/c17-15-8-4-7-14(9-15)16(11-18,12-19)10-13-5-2-1-3-6-13/h1-9,19H,10-12,18H2. The minimum Gasteiger partial charge on any atom is -0.395 e. The van der Waals surface area contributed by atoms with Crippen molar-refractivity contribution in [3.63, 3.8) is 0 Å².